The number of nitrogens with two attached hydrogens (primary N) is 3. The zero-order valence-electron chi connectivity index (χ0n) is 82.9. The maximum absolute atomic E-state index is 13.6. The summed E-state index contributed by atoms with van der Waals surface area (Å²) >= 11 is 0. The van der Waals surface area contributed by atoms with Gasteiger partial charge in [-0.15, -0.1) is 0 Å². The minimum atomic E-state index is -4.03. The van der Waals surface area contributed by atoms with Gasteiger partial charge in [0.2, 0.25) is 20.0 Å². The minimum Gasteiger partial charge on any atom is -0.536 e. The molecule has 150 heavy (non-hydrogen) atoms. The van der Waals surface area contributed by atoms with Crippen molar-refractivity contribution in [2.75, 3.05) is 90.9 Å². The Labute approximate surface area is 863 Å². The van der Waals surface area contributed by atoms with Crippen molar-refractivity contribution in [2.45, 2.75) is 157 Å². The van der Waals surface area contributed by atoms with Gasteiger partial charge < -0.3 is 85.3 Å². The van der Waals surface area contributed by atoms with E-state index in [1.807, 2.05) is 100 Å². The van der Waals surface area contributed by atoms with E-state index in [9.17, 15) is 118 Å². The van der Waals surface area contributed by atoms with E-state index < -0.39 is 191 Å². The zero-order chi connectivity index (χ0) is 109. The number of imide groups is 4. The predicted molar refractivity (Wildman–Crippen MR) is 537 cm³/mol. The van der Waals surface area contributed by atoms with Crippen LogP contribution in [0.5, 0.6) is 23.0 Å². The highest BCUT2D eigenvalue weighted by molar-refractivity contribution is 7.89. The largest absolute Gasteiger partial charge is 0.536 e. The van der Waals surface area contributed by atoms with Crippen molar-refractivity contribution in [2.24, 2.45) is 10.3 Å². The summed E-state index contributed by atoms with van der Waals surface area (Å²) in [5.41, 5.74) is 13.7. The molecule has 14 N–H and O–H groups in total. The van der Waals surface area contributed by atoms with Gasteiger partial charge in [-0.05, 0) is 172 Å². The quantitative estimate of drug-likeness (QED) is 0.0260. The Balaban J connectivity index is 0.000000167. The molecule has 8 aliphatic heterocycles. The maximum atomic E-state index is 13.6. The molecule has 0 radical (unpaired) electrons. The summed E-state index contributed by atoms with van der Waals surface area (Å²) in [6, 6.07) is 31.5. The SMILES string of the molecule is CCN1CCN(C(=O)NC(C(=O)C[C@H]2Cc3cccc(C)c3OB2O)c2ccc(S(N)(=O)=O)cc2)C(=O)C1=O.CCN1CCN(C(=O)NC(C(=O)C[C@H]2Cc3cccc(C)c3OB2O)c2cccc(N)n2)C(=O)C1=O.CCN1CCN(C(=O)NC(C(=O)C[C@H]2Cc3cccc(C)c3OB2O)c2cccnc2)C(=O)C1=O.Cc1cccc2c1OB(O)[C@@H](CC(=O)C(NC(=O)N1CCN(CCF)C(=O)C1=O)c1ccc(S(N)(=O)=O)cc1)C2. The summed E-state index contributed by atoms with van der Waals surface area (Å²) < 4.78 is 82.2. The molecule has 4 unspecified atom stereocenters. The number of rotatable bonds is 27. The normalized spacial score (nSPS) is 18.4. The number of alkyl halides is 1. The van der Waals surface area contributed by atoms with Gasteiger partial charge in [-0.2, -0.15) is 0 Å². The number of hydrogen-bond acceptors (Lipinski definition) is 31. The van der Waals surface area contributed by atoms with E-state index in [0.29, 0.717) is 78.8 Å². The number of Topliss-reactive ketones (excluding diaryl/α,β-unsaturated/α-hetero) is 4. The third kappa shape index (κ3) is 26.4. The Bertz CT molecular complexity index is 6800. The number of aryl methyl sites for hydroxylation is 4. The van der Waals surface area contributed by atoms with Crippen molar-refractivity contribution < 1.29 is 137 Å². The Kier molecular flexibility index (Phi) is 36.5. The smallest absolute Gasteiger partial charge is 0.526 e. The standard InChI is InChI=1S/C25H28BFN4O8S.C25H29BN4O8S.C24H28BN5O6.C24H27BN4O6/c1-15-3-2-4-17-13-18(26(36)39-22(15)17)14-20(32)21(16-5-7-19(8-6-16)40(28,37)38)29-25(35)31-12-11-30(10-9-27)23(33)24(31)34;1-3-29-11-12-30(24(33)23(29)32)25(34)28-21(16-7-9-19(10-8-16)39(27,36)37)20(31)14-18-13-17-6-4-5-15(2)22(17)38-26(18)35;1-3-29-10-11-30(23(33)22(29)32)24(34)28-20(17-8-5-9-19(26)27-17)18(31)13-16-12-15-7-4-6-14(2)21(15)36-25(16)35;1-3-28-10-11-29(23(32)22(28)31)24(33)27-20(17-8-5-9-26-14-17)19(30)13-18-12-16-7-4-6-15(2)21(16)35-25(18)34/h2-8,18,21,36H,9-14H2,1H3,(H,29,35)(H2,28,37,38);4-10,18,21,35H,3,11-14H2,1-2H3,(H,28,34)(H2,27,36,37);4-9,16,20,35H,3,10-13H2,1-2H3,(H2,26,27)(H,28,34);4-9,14,18,20,34H,3,10-13H2,1-2H3,(H,27,33)/t2*18-,21?;16-,20?;18-,20?/m1111/s1. The van der Waals surface area contributed by atoms with Gasteiger partial charge in [0, 0.05) is 145 Å². The van der Waals surface area contributed by atoms with Gasteiger partial charge in [-0.1, -0.05) is 109 Å². The van der Waals surface area contributed by atoms with Gasteiger partial charge in [-0.25, -0.2) is 55.7 Å². The van der Waals surface area contributed by atoms with E-state index >= 15 is 0 Å². The Morgan fingerprint density at radius 3 is 0.940 bits per heavy atom. The average Bonchev–Trinajstić information content (AvgIpc) is 0.802. The third-order valence-electron chi connectivity index (χ3n) is 26.8. The van der Waals surface area contributed by atoms with Crippen LogP contribution in [0.25, 0.3) is 0 Å². The van der Waals surface area contributed by atoms with Gasteiger partial charge in [0.25, 0.3) is 0 Å². The first kappa shape index (κ1) is 112. The van der Waals surface area contributed by atoms with Gasteiger partial charge >= 0.3 is 99.9 Å². The summed E-state index contributed by atoms with van der Waals surface area (Å²) in [6.45, 7) is 12.8. The van der Waals surface area contributed by atoms with Crippen LogP contribution in [-0.2, 0) is 103 Å². The van der Waals surface area contributed by atoms with Gasteiger partial charge in [0.15, 0.2) is 23.1 Å². The first-order valence-corrected chi connectivity index (χ1v) is 51.3. The second-order valence-corrected chi connectivity index (χ2v) is 39.9. The number of nitrogens with one attached hydrogen (secondary N) is 4. The summed E-state index contributed by atoms with van der Waals surface area (Å²) in [5, 5.41) is 62.9. The summed E-state index contributed by atoms with van der Waals surface area (Å²) in [7, 11) is -13.0. The Morgan fingerprint density at radius 2 is 0.660 bits per heavy atom. The van der Waals surface area contributed by atoms with Crippen molar-refractivity contribution in [3.63, 3.8) is 0 Å². The number of piperazine rings is 4. The first-order valence-electron chi connectivity index (χ1n) is 48.2. The van der Waals surface area contributed by atoms with Crippen molar-refractivity contribution in [3.05, 3.63) is 231 Å². The fraction of sp³-hybridized carbons (Fsp3) is 0.367. The zero-order valence-corrected chi connectivity index (χ0v) is 84.5. The van der Waals surface area contributed by atoms with Crippen molar-refractivity contribution in [1.82, 2.24) is 70.4 Å². The highest BCUT2D eigenvalue weighted by Gasteiger charge is 2.48. The number of fused-ring (bicyclic) bond motifs is 4. The van der Waals surface area contributed by atoms with E-state index in [4.69, 9.17) is 34.6 Å². The van der Waals surface area contributed by atoms with Crippen LogP contribution in [0.15, 0.2) is 174 Å². The number of sulfonamides is 2. The lowest BCUT2D eigenvalue weighted by Gasteiger charge is -2.33. The number of para-hydroxylation sites is 4. The molecule has 16 rings (SSSR count). The number of aromatic nitrogens is 2. The number of anilines is 1. The fourth-order valence-electron chi connectivity index (χ4n) is 18.5. The molecule has 0 spiro atoms. The number of likely N-dealkylation sites (N-methyl/N-ethyl adjacent to an activating group) is 3. The third-order valence-corrected chi connectivity index (χ3v) is 28.6. The van der Waals surface area contributed by atoms with E-state index in [0.717, 1.165) is 64.1 Å². The number of carbonyl (C=O) groups excluding carboxylic acids is 16. The van der Waals surface area contributed by atoms with Crippen molar-refractivity contribution >= 4 is 149 Å². The molecule has 0 bridgehead atoms. The highest BCUT2D eigenvalue weighted by Crippen LogP contribution is 2.43. The second-order valence-electron chi connectivity index (χ2n) is 36.8. The van der Waals surface area contributed by atoms with E-state index in [1.54, 1.807) is 39.0 Å². The van der Waals surface area contributed by atoms with Crippen LogP contribution in [-0.4, -0.2) is 294 Å². The molecular formula is C98H112B4FN17O28S2. The molecule has 8 aliphatic rings. The maximum Gasteiger partial charge on any atom is 0.526 e. The number of primary sulfonamides is 2. The topological polar surface area (TPSA) is 637 Å². The predicted octanol–water partition coefficient (Wildman–Crippen LogP) is 3.14. The number of pyridine rings is 2. The molecule has 16 amide bonds. The van der Waals surface area contributed by atoms with Crippen LogP contribution in [0.4, 0.5) is 29.4 Å². The number of benzene rings is 6. The average molecular weight is 2100 g/mol. The lowest BCUT2D eigenvalue weighted by atomic mass is 9.64. The van der Waals surface area contributed by atoms with E-state index in [-0.39, 0.29) is 123 Å². The van der Waals surface area contributed by atoms with Crippen LogP contribution >= 0.6 is 0 Å². The molecule has 4 saturated heterocycles. The van der Waals surface area contributed by atoms with Crippen LogP contribution in [0, 0.1) is 27.7 Å². The van der Waals surface area contributed by atoms with Crippen molar-refractivity contribution in [3.8, 4) is 23.0 Å². The molecule has 8 aromatic rings. The highest BCUT2D eigenvalue weighted by atomic mass is 32.2. The molecule has 0 aliphatic carbocycles. The van der Waals surface area contributed by atoms with Gasteiger partial charge in [0.05, 0.1) is 15.5 Å². The lowest BCUT2D eigenvalue weighted by molar-refractivity contribution is -0.153. The lowest BCUT2D eigenvalue weighted by Crippen LogP contribution is -2.59. The molecule has 6 aromatic carbocycles. The Morgan fingerprint density at radius 1 is 0.380 bits per heavy atom. The fourth-order valence-corrected chi connectivity index (χ4v) is 19.5. The molecule has 788 valence electrons. The molecule has 8 atom stereocenters. The number of urea groups is 4. The number of carbonyl (C=O) groups is 16. The van der Waals surface area contributed by atoms with Crippen LogP contribution in [0.1, 0.15) is 138 Å². The van der Waals surface area contributed by atoms with Crippen LogP contribution in [0.2, 0.25) is 23.3 Å². The summed E-state index contributed by atoms with van der Waals surface area (Å²) in [4.78, 5) is 221. The van der Waals surface area contributed by atoms with Crippen LogP contribution < -0.4 is 55.9 Å². The molecule has 2 aromatic heterocycles. The van der Waals surface area contributed by atoms with E-state index in [1.165, 1.54) is 87.8 Å². The summed E-state index contributed by atoms with van der Waals surface area (Å²) in [6.07, 6.45) is 3.84. The van der Waals surface area contributed by atoms with Gasteiger partial charge in [0.1, 0.15) is 59.7 Å². The molecule has 0 saturated carbocycles. The number of amides is 16. The van der Waals surface area contributed by atoms with E-state index in [2.05, 4.69) is 31.2 Å². The number of ketones is 4. The summed E-state index contributed by atoms with van der Waals surface area (Å²) in [5.74, 6) is -9.30. The monoisotopic (exact) mass is 2100 g/mol. The minimum absolute atomic E-state index is 0.000822. The second kappa shape index (κ2) is 48.8. The number of halogens is 1. The number of nitrogen functional groups attached to an aromatic ring is 1. The molecule has 45 nitrogen and oxygen atoms in total. The molecular weight excluding hydrogens is 1990 g/mol. The Hall–Kier alpha value is -15.2. The molecule has 10 heterocycles. The van der Waals surface area contributed by atoms with Crippen molar-refractivity contribution in [1.29, 1.82) is 0 Å². The molecule has 52 heteroatoms. The molecule has 4 fully saturated rings. The van der Waals surface area contributed by atoms with Gasteiger partial charge in [-0.3, -0.25) is 82.1 Å². The number of hydrogen-bond donors (Lipinski definition) is 11. The van der Waals surface area contributed by atoms with Crippen LogP contribution in [0.3, 0.4) is 0 Å². The first-order chi connectivity index (χ1) is 71.3. The number of nitrogens with zero attached hydrogens (tertiary/aromatic N) is 10.